The number of hydrogen-bond donors (Lipinski definition) is 2. The van der Waals surface area contributed by atoms with Crippen LogP contribution in [-0.2, 0) is 13.1 Å². The summed E-state index contributed by atoms with van der Waals surface area (Å²) in [7, 11) is 0. The molecule has 1 atom stereocenters. The summed E-state index contributed by atoms with van der Waals surface area (Å²) in [4.78, 5) is 4.50. The summed E-state index contributed by atoms with van der Waals surface area (Å²) in [6.45, 7) is 7.27. The SMILES string of the molecule is CC[C@@H](CO)N(Cc1ccsc1)Cc1ccc(C#CC(C)(C)O)s1. The zero-order valence-corrected chi connectivity index (χ0v) is 16.1. The molecule has 2 heterocycles. The highest BCUT2D eigenvalue weighted by Gasteiger charge is 2.18. The zero-order chi connectivity index (χ0) is 17.6. The van der Waals surface area contributed by atoms with Gasteiger partial charge in [-0.15, -0.1) is 11.3 Å². The molecule has 0 saturated heterocycles. The number of thiophene rings is 2. The van der Waals surface area contributed by atoms with E-state index in [0.717, 1.165) is 24.4 Å². The molecule has 0 amide bonds. The first-order chi connectivity index (χ1) is 11.4. The van der Waals surface area contributed by atoms with E-state index in [1.54, 1.807) is 36.5 Å². The van der Waals surface area contributed by atoms with Crippen molar-refractivity contribution in [1.29, 1.82) is 0 Å². The molecule has 2 aromatic rings. The third-order valence-electron chi connectivity index (χ3n) is 3.68. The van der Waals surface area contributed by atoms with Gasteiger partial charge in [0.05, 0.1) is 11.5 Å². The van der Waals surface area contributed by atoms with Gasteiger partial charge in [0, 0.05) is 24.0 Å². The maximum absolute atomic E-state index is 9.71. The van der Waals surface area contributed by atoms with Gasteiger partial charge in [0.15, 0.2) is 0 Å². The highest BCUT2D eigenvalue weighted by atomic mass is 32.1. The van der Waals surface area contributed by atoms with Crippen molar-refractivity contribution in [3.05, 3.63) is 44.3 Å². The molecular formula is C19H25NO2S2. The Balaban J connectivity index is 2.11. The van der Waals surface area contributed by atoms with Crippen molar-refractivity contribution in [1.82, 2.24) is 4.90 Å². The van der Waals surface area contributed by atoms with E-state index in [1.165, 1.54) is 10.4 Å². The molecule has 2 rings (SSSR count). The average Bonchev–Trinajstić information content (AvgIpc) is 3.17. The molecule has 3 nitrogen and oxygen atoms in total. The predicted octanol–water partition coefficient (Wildman–Crippen LogP) is 3.71. The zero-order valence-electron chi connectivity index (χ0n) is 14.5. The first kappa shape index (κ1) is 19.2. The third-order valence-corrected chi connectivity index (χ3v) is 5.39. The Bertz CT molecular complexity index is 670. The Kier molecular flexibility index (Phi) is 7.02. The van der Waals surface area contributed by atoms with Gasteiger partial charge in [-0.3, -0.25) is 4.90 Å². The summed E-state index contributed by atoms with van der Waals surface area (Å²) >= 11 is 3.35. The van der Waals surface area contributed by atoms with E-state index >= 15 is 0 Å². The molecule has 5 heteroatoms. The van der Waals surface area contributed by atoms with Crippen LogP contribution in [0.5, 0.6) is 0 Å². The molecule has 0 radical (unpaired) electrons. The Morgan fingerprint density at radius 1 is 1.25 bits per heavy atom. The molecule has 130 valence electrons. The standard InChI is InChI=1S/C19H25NO2S2/c1-4-16(13-21)20(11-15-8-10-23-14-15)12-18-6-5-17(24-18)7-9-19(2,3)22/h5-6,8,10,14,16,21-22H,4,11-13H2,1-3H3/t16-/m0/s1. The van der Waals surface area contributed by atoms with Gasteiger partial charge in [-0.05, 0) is 54.8 Å². The fourth-order valence-electron chi connectivity index (χ4n) is 2.38. The second kappa shape index (κ2) is 8.80. The quantitative estimate of drug-likeness (QED) is 0.737. The van der Waals surface area contributed by atoms with Gasteiger partial charge in [0.25, 0.3) is 0 Å². The monoisotopic (exact) mass is 363 g/mol. The summed E-state index contributed by atoms with van der Waals surface area (Å²) < 4.78 is 0. The van der Waals surface area contributed by atoms with Gasteiger partial charge in [-0.2, -0.15) is 11.3 Å². The highest BCUT2D eigenvalue weighted by molar-refractivity contribution is 7.12. The summed E-state index contributed by atoms with van der Waals surface area (Å²) in [5, 5.41) is 23.6. The van der Waals surface area contributed by atoms with Gasteiger partial charge in [0.1, 0.15) is 5.60 Å². The number of nitrogens with zero attached hydrogens (tertiary/aromatic N) is 1. The van der Waals surface area contributed by atoms with Crippen molar-refractivity contribution in [2.24, 2.45) is 0 Å². The van der Waals surface area contributed by atoms with E-state index in [4.69, 9.17) is 0 Å². The molecule has 0 aliphatic heterocycles. The second-order valence-corrected chi connectivity index (χ2v) is 8.30. The van der Waals surface area contributed by atoms with E-state index < -0.39 is 5.60 Å². The van der Waals surface area contributed by atoms with Gasteiger partial charge < -0.3 is 10.2 Å². The molecule has 0 saturated carbocycles. The van der Waals surface area contributed by atoms with Crippen LogP contribution in [0.1, 0.15) is 42.5 Å². The lowest BCUT2D eigenvalue weighted by molar-refractivity contribution is 0.108. The molecule has 0 aliphatic carbocycles. The van der Waals surface area contributed by atoms with Crippen molar-refractivity contribution in [3.63, 3.8) is 0 Å². The van der Waals surface area contributed by atoms with Crippen LogP contribution in [0.3, 0.4) is 0 Å². The van der Waals surface area contributed by atoms with Crippen LogP contribution in [0.15, 0.2) is 29.0 Å². The van der Waals surface area contributed by atoms with Gasteiger partial charge >= 0.3 is 0 Å². The highest BCUT2D eigenvalue weighted by Crippen LogP contribution is 2.22. The van der Waals surface area contributed by atoms with Crippen molar-refractivity contribution in [2.45, 2.75) is 51.9 Å². The number of aliphatic hydroxyl groups excluding tert-OH is 1. The second-order valence-electron chi connectivity index (χ2n) is 6.36. The fourth-order valence-corrected chi connectivity index (χ4v) is 3.93. The van der Waals surface area contributed by atoms with Crippen LogP contribution in [0.25, 0.3) is 0 Å². The van der Waals surface area contributed by atoms with Crippen molar-refractivity contribution >= 4 is 22.7 Å². The minimum atomic E-state index is -0.973. The fraction of sp³-hybridized carbons (Fsp3) is 0.474. The normalized spacial score (nSPS) is 12.9. The molecule has 2 N–H and O–H groups in total. The molecule has 0 bridgehead atoms. The van der Waals surface area contributed by atoms with E-state index in [1.807, 2.05) is 6.07 Å². The average molecular weight is 364 g/mol. The van der Waals surface area contributed by atoms with Crippen LogP contribution < -0.4 is 0 Å². The first-order valence-corrected chi connectivity index (χ1v) is 9.87. The van der Waals surface area contributed by atoms with E-state index in [2.05, 4.69) is 46.6 Å². The summed E-state index contributed by atoms with van der Waals surface area (Å²) in [5.74, 6) is 5.88. The molecule has 2 aromatic heterocycles. The van der Waals surface area contributed by atoms with E-state index in [9.17, 15) is 10.2 Å². The van der Waals surface area contributed by atoms with Crippen molar-refractivity contribution in [3.8, 4) is 11.8 Å². The van der Waals surface area contributed by atoms with Crippen LogP contribution in [0.2, 0.25) is 0 Å². The van der Waals surface area contributed by atoms with Crippen molar-refractivity contribution < 1.29 is 10.2 Å². The molecular weight excluding hydrogens is 338 g/mol. The van der Waals surface area contributed by atoms with Gasteiger partial charge in [0.2, 0.25) is 0 Å². The Morgan fingerprint density at radius 3 is 2.62 bits per heavy atom. The number of aliphatic hydroxyl groups is 2. The molecule has 0 aromatic carbocycles. The lowest BCUT2D eigenvalue weighted by atomic mass is 10.1. The third kappa shape index (κ3) is 6.04. The van der Waals surface area contributed by atoms with Crippen LogP contribution in [0.4, 0.5) is 0 Å². The van der Waals surface area contributed by atoms with Crippen LogP contribution in [0, 0.1) is 11.8 Å². The lowest BCUT2D eigenvalue weighted by Crippen LogP contribution is -2.36. The molecule has 0 aliphatic rings. The summed E-state index contributed by atoms with van der Waals surface area (Å²) in [5.41, 5.74) is 0.310. The van der Waals surface area contributed by atoms with Gasteiger partial charge in [-0.1, -0.05) is 18.8 Å². The smallest absolute Gasteiger partial charge is 0.120 e. The lowest BCUT2D eigenvalue weighted by Gasteiger charge is -2.29. The predicted molar refractivity (Wildman–Crippen MR) is 102 cm³/mol. The minimum Gasteiger partial charge on any atom is -0.395 e. The molecule has 0 unspecified atom stereocenters. The maximum atomic E-state index is 9.71. The summed E-state index contributed by atoms with van der Waals surface area (Å²) in [6, 6.07) is 6.37. The van der Waals surface area contributed by atoms with Crippen LogP contribution in [-0.4, -0.2) is 33.4 Å². The number of rotatable bonds is 7. The van der Waals surface area contributed by atoms with E-state index in [-0.39, 0.29) is 12.6 Å². The first-order valence-electron chi connectivity index (χ1n) is 8.11. The number of hydrogen-bond acceptors (Lipinski definition) is 5. The molecule has 0 fully saturated rings. The van der Waals surface area contributed by atoms with E-state index in [0.29, 0.717) is 0 Å². The maximum Gasteiger partial charge on any atom is 0.120 e. The molecule has 24 heavy (non-hydrogen) atoms. The Labute approximate surface area is 152 Å². The Hall–Kier alpha value is -1.16. The largest absolute Gasteiger partial charge is 0.395 e. The van der Waals surface area contributed by atoms with Crippen molar-refractivity contribution in [2.75, 3.05) is 6.61 Å². The summed E-state index contributed by atoms with van der Waals surface area (Å²) in [6.07, 6.45) is 0.914. The van der Waals surface area contributed by atoms with Crippen LogP contribution >= 0.6 is 22.7 Å². The molecule has 0 spiro atoms. The minimum absolute atomic E-state index is 0.151. The topological polar surface area (TPSA) is 43.7 Å². The Morgan fingerprint density at radius 2 is 2.04 bits per heavy atom. The van der Waals surface area contributed by atoms with Gasteiger partial charge in [-0.25, -0.2) is 0 Å².